The number of nitrogens with zero attached hydrogens (tertiary/aromatic N) is 2. The number of rotatable bonds is 3. The van der Waals surface area contributed by atoms with Gasteiger partial charge in [-0.15, -0.1) is 0 Å². The van der Waals surface area contributed by atoms with E-state index in [0.29, 0.717) is 11.6 Å². The lowest BCUT2D eigenvalue weighted by Gasteiger charge is -2.02. The standard InChI is InChI=1S/C17H14N4O3/c1-12-6-5-9-15(18-12)19-16(22)14-10-11-21(20-14)17(23)24-13-7-3-2-4-8-13/h2-11H,1H3,(H,18,19,22)/p+1. The monoisotopic (exact) mass is 323 g/mol. The van der Waals surface area contributed by atoms with Crippen molar-refractivity contribution < 1.29 is 19.3 Å². The highest BCUT2D eigenvalue weighted by Crippen LogP contribution is 2.10. The van der Waals surface area contributed by atoms with Crippen molar-refractivity contribution in [2.75, 3.05) is 5.32 Å². The van der Waals surface area contributed by atoms with Crippen molar-refractivity contribution in [1.29, 1.82) is 0 Å². The number of anilines is 1. The van der Waals surface area contributed by atoms with Crippen LogP contribution in [0.4, 0.5) is 10.6 Å². The highest BCUT2D eigenvalue weighted by Gasteiger charge is 2.18. The van der Waals surface area contributed by atoms with E-state index in [1.807, 2.05) is 25.1 Å². The molecule has 0 saturated heterocycles. The Morgan fingerprint density at radius 3 is 2.62 bits per heavy atom. The Labute approximate surface area is 137 Å². The van der Waals surface area contributed by atoms with Crippen LogP contribution in [0.5, 0.6) is 5.75 Å². The number of pyridine rings is 1. The van der Waals surface area contributed by atoms with Gasteiger partial charge in [0.05, 0.1) is 5.69 Å². The lowest BCUT2D eigenvalue weighted by Crippen LogP contribution is -2.22. The quantitative estimate of drug-likeness (QED) is 0.801. The van der Waals surface area contributed by atoms with E-state index in [2.05, 4.69) is 15.4 Å². The van der Waals surface area contributed by atoms with Crippen LogP contribution in [0.25, 0.3) is 0 Å². The minimum absolute atomic E-state index is 0.106. The predicted octanol–water partition coefficient (Wildman–Crippen LogP) is 2.31. The molecule has 120 valence electrons. The molecular formula is C17H15N4O3+. The van der Waals surface area contributed by atoms with E-state index in [1.54, 1.807) is 30.3 Å². The molecule has 2 aromatic heterocycles. The predicted molar refractivity (Wildman–Crippen MR) is 85.8 cm³/mol. The third-order valence-corrected chi connectivity index (χ3v) is 3.15. The van der Waals surface area contributed by atoms with Crippen LogP contribution in [0.3, 0.4) is 0 Å². The number of amides is 1. The first kappa shape index (κ1) is 15.4. The molecular weight excluding hydrogens is 308 g/mol. The maximum Gasteiger partial charge on any atom is 0.440 e. The second-order valence-electron chi connectivity index (χ2n) is 5.03. The smallest absolute Gasteiger partial charge is 0.409 e. The average molecular weight is 323 g/mol. The summed E-state index contributed by atoms with van der Waals surface area (Å²) in [7, 11) is 0. The first-order valence-corrected chi connectivity index (χ1v) is 7.25. The molecule has 0 aliphatic carbocycles. The summed E-state index contributed by atoms with van der Waals surface area (Å²) in [5.74, 6) is 0.517. The first-order valence-electron chi connectivity index (χ1n) is 7.25. The fourth-order valence-corrected chi connectivity index (χ4v) is 2.03. The molecule has 0 unspecified atom stereocenters. The zero-order valence-electron chi connectivity index (χ0n) is 12.9. The van der Waals surface area contributed by atoms with E-state index in [9.17, 15) is 9.59 Å². The van der Waals surface area contributed by atoms with E-state index in [1.165, 1.54) is 12.3 Å². The number of aromatic amines is 1. The fourth-order valence-electron chi connectivity index (χ4n) is 2.03. The first-order chi connectivity index (χ1) is 11.6. The number of para-hydroxylation sites is 1. The lowest BCUT2D eigenvalue weighted by atomic mass is 10.3. The van der Waals surface area contributed by atoms with Crippen molar-refractivity contribution in [3.63, 3.8) is 0 Å². The van der Waals surface area contributed by atoms with Gasteiger partial charge in [-0.05, 0) is 31.2 Å². The summed E-state index contributed by atoms with van der Waals surface area (Å²) in [6, 6.07) is 15.5. The maximum absolute atomic E-state index is 12.2. The summed E-state index contributed by atoms with van der Waals surface area (Å²) in [5, 5.41) is 6.62. The third-order valence-electron chi connectivity index (χ3n) is 3.15. The maximum atomic E-state index is 12.2. The van der Waals surface area contributed by atoms with Crippen molar-refractivity contribution in [3.05, 3.63) is 72.2 Å². The van der Waals surface area contributed by atoms with Gasteiger partial charge in [0, 0.05) is 12.3 Å². The summed E-state index contributed by atoms with van der Waals surface area (Å²) in [5.41, 5.74) is 1.01. The Hall–Kier alpha value is -3.48. The van der Waals surface area contributed by atoms with Crippen molar-refractivity contribution in [3.8, 4) is 5.75 Å². The zero-order valence-corrected chi connectivity index (χ0v) is 12.9. The van der Waals surface area contributed by atoms with Gasteiger partial charge in [0.2, 0.25) is 0 Å². The third kappa shape index (κ3) is 3.64. The Bertz CT molecular complexity index is 874. The van der Waals surface area contributed by atoms with Crippen LogP contribution in [0.15, 0.2) is 60.8 Å². The largest absolute Gasteiger partial charge is 0.440 e. The molecule has 0 saturated carbocycles. The molecule has 3 rings (SSSR count). The molecule has 1 amide bonds. The van der Waals surface area contributed by atoms with Crippen LogP contribution in [0.1, 0.15) is 16.2 Å². The van der Waals surface area contributed by atoms with E-state index in [4.69, 9.17) is 4.74 Å². The topological polar surface area (TPSA) is 87.4 Å². The SMILES string of the molecule is Cc1cccc(NC(=O)c2ccn(C(=O)Oc3ccccc3)n2)[nH+]1. The minimum atomic E-state index is -0.692. The van der Waals surface area contributed by atoms with Crippen LogP contribution in [0, 0.1) is 6.92 Å². The summed E-state index contributed by atoms with van der Waals surface area (Å²) >= 11 is 0. The number of aryl methyl sites for hydroxylation is 1. The van der Waals surface area contributed by atoms with E-state index >= 15 is 0 Å². The summed E-state index contributed by atoms with van der Waals surface area (Å²) in [4.78, 5) is 27.2. The second-order valence-corrected chi connectivity index (χ2v) is 5.03. The van der Waals surface area contributed by atoms with Gasteiger partial charge in [0.25, 0.3) is 5.82 Å². The Balaban J connectivity index is 1.68. The fraction of sp³-hybridized carbons (Fsp3) is 0.0588. The summed E-state index contributed by atoms with van der Waals surface area (Å²) in [6.07, 6.45) is 0.683. The average Bonchev–Trinajstić information content (AvgIpc) is 3.06. The van der Waals surface area contributed by atoms with E-state index in [-0.39, 0.29) is 5.69 Å². The van der Waals surface area contributed by atoms with Crippen LogP contribution in [-0.4, -0.2) is 21.8 Å². The van der Waals surface area contributed by atoms with Crippen molar-refractivity contribution in [2.45, 2.75) is 6.92 Å². The van der Waals surface area contributed by atoms with E-state index < -0.39 is 12.0 Å². The second kappa shape index (κ2) is 6.74. The van der Waals surface area contributed by atoms with Crippen LogP contribution < -0.4 is 15.0 Å². The molecule has 0 aliphatic heterocycles. The van der Waals surface area contributed by atoms with Gasteiger partial charge in [-0.25, -0.2) is 19.9 Å². The molecule has 0 bridgehead atoms. The van der Waals surface area contributed by atoms with Crippen molar-refractivity contribution in [2.24, 2.45) is 0 Å². The Morgan fingerprint density at radius 2 is 1.88 bits per heavy atom. The Kier molecular flexibility index (Phi) is 4.33. The highest BCUT2D eigenvalue weighted by molar-refractivity contribution is 6.02. The van der Waals surface area contributed by atoms with Gasteiger partial charge in [-0.2, -0.15) is 9.78 Å². The normalized spacial score (nSPS) is 10.2. The van der Waals surface area contributed by atoms with Crippen LogP contribution in [0.2, 0.25) is 0 Å². The number of hydrogen-bond acceptors (Lipinski definition) is 4. The van der Waals surface area contributed by atoms with Gasteiger partial charge >= 0.3 is 12.0 Å². The number of nitrogens with one attached hydrogen (secondary N) is 2. The Morgan fingerprint density at radius 1 is 1.08 bits per heavy atom. The number of ether oxygens (including phenoxy) is 1. The molecule has 1 aromatic carbocycles. The number of carbonyl (C=O) groups excluding carboxylic acids is 2. The number of hydrogen-bond donors (Lipinski definition) is 1. The number of benzene rings is 1. The van der Waals surface area contributed by atoms with Crippen molar-refractivity contribution in [1.82, 2.24) is 9.78 Å². The molecule has 7 heteroatoms. The number of aromatic nitrogens is 3. The molecule has 7 nitrogen and oxygen atoms in total. The lowest BCUT2D eigenvalue weighted by molar-refractivity contribution is -0.370. The van der Waals surface area contributed by atoms with Crippen molar-refractivity contribution >= 4 is 17.8 Å². The van der Waals surface area contributed by atoms with Crippen LogP contribution in [-0.2, 0) is 0 Å². The molecule has 0 fully saturated rings. The van der Waals surface area contributed by atoms with E-state index in [0.717, 1.165) is 10.4 Å². The number of H-pyrrole nitrogens is 1. The summed E-state index contributed by atoms with van der Waals surface area (Å²) in [6.45, 7) is 1.88. The zero-order chi connectivity index (χ0) is 16.9. The molecule has 0 radical (unpaired) electrons. The molecule has 3 aromatic rings. The molecule has 0 atom stereocenters. The van der Waals surface area contributed by atoms with Gasteiger partial charge in [-0.1, -0.05) is 24.3 Å². The van der Waals surface area contributed by atoms with Gasteiger partial charge in [0.15, 0.2) is 5.69 Å². The number of carbonyl (C=O) groups is 2. The summed E-state index contributed by atoms with van der Waals surface area (Å²) < 4.78 is 6.13. The minimum Gasteiger partial charge on any atom is -0.409 e. The van der Waals surface area contributed by atoms with Crippen LogP contribution >= 0.6 is 0 Å². The molecule has 0 aliphatic rings. The molecule has 2 N–H and O–H groups in total. The molecule has 0 spiro atoms. The van der Waals surface area contributed by atoms with Gasteiger partial charge in [0.1, 0.15) is 5.75 Å². The highest BCUT2D eigenvalue weighted by atomic mass is 16.6. The molecule has 24 heavy (non-hydrogen) atoms. The van der Waals surface area contributed by atoms with Gasteiger partial charge in [-0.3, -0.25) is 0 Å². The van der Waals surface area contributed by atoms with Gasteiger partial charge < -0.3 is 4.74 Å². The molecule has 2 heterocycles.